The third-order valence-corrected chi connectivity index (χ3v) is 3.15. The van der Waals surface area contributed by atoms with Gasteiger partial charge in [0.2, 0.25) is 5.91 Å². The summed E-state index contributed by atoms with van der Waals surface area (Å²) in [6, 6.07) is 7.73. The first-order valence-corrected chi connectivity index (χ1v) is 6.68. The molecule has 0 saturated carbocycles. The van der Waals surface area contributed by atoms with Crippen molar-refractivity contribution in [1.29, 1.82) is 0 Å². The molecule has 1 heterocycles. The average molecular weight is 262 g/mol. The molecule has 2 rings (SSSR count). The molecule has 1 aliphatic heterocycles. The fourth-order valence-electron chi connectivity index (χ4n) is 2.10. The second-order valence-corrected chi connectivity index (χ2v) is 5.07. The van der Waals surface area contributed by atoms with Crippen LogP contribution >= 0.6 is 0 Å². The van der Waals surface area contributed by atoms with Gasteiger partial charge in [-0.15, -0.1) is 0 Å². The zero-order chi connectivity index (χ0) is 13.7. The first-order valence-electron chi connectivity index (χ1n) is 6.68. The molecule has 0 spiro atoms. The van der Waals surface area contributed by atoms with Gasteiger partial charge in [-0.25, -0.2) is 0 Å². The second-order valence-electron chi connectivity index (χ2n) is 5.07. The number of para-hydroxylation sites is 2. The largest absolute Gasteiger partial charge is 0.381 e. The molecule has 1 aromatic carbocycles. The smallest absolute Gasteiger partial charge is 0.244 e. The van der Waals surface area contributed by atoms with Gasteiger partial charge in [0.05, 0.1) is 11.4 Å². The maximum Gasteiger partial charge on any atom is 0.244 e. The van der Waals surface area contributed by atoms with Crippen LogP contribution in [0.3, 0.4) is 0 Å². The zero-order valence-electron chi connectivity index (χ0n) is 11.6. The summed E-state index contributed by atoms with van der Waals surface area (Å²) < 4.78 is 0. The van der Waals surface area contributed by atoms with Crippen LogP contribution in [0.5, 0.6) is 0 Å². The molecule has 3 N–H and O–H groups in total. The quantitative estimate of drug-likeness (QED) is 0.692. The molecule has 1 unspecified atom stereocenters. The van der Waals surface area contributed by atoms with Crippen LogP contribution in [0.4, 0.5) is 11.4 Å². The van der Waals surface area contributed by atoms with Crippen LogP contribution in [0.2, 0.25) is 0 Å². The molecular weight excluding hydrogens is 240 g/mol. The SMILES string of the molecule is CN(C)CCCNC(=O)C1CNc2ccccc2N1. The summed E-state index contributed by atoms with van der Waals surface area (Å²) in [6.45, 7) is 2.33. The number of fused-ring (bicyclic) bond motifs is 1. The highest BCUT2D eigenvalue weighted by atomic mass is 16.2. The van der Waals surface area contributed by atoms with Gasteiger partial charge in [-0.2, -0.15) is 0 Å². The predicted octanol–water partition coefficient (Wildman–Crippen LogP) is 0.961. The average Bonchev–Trinajstić information content (AvgIpc) is 2.42. The zero-order valence-corrected chi connectivity index (χ0v) is 11.6. The van der Waals surface area contributed by atoms with Crippen molar-refractivity contribution in [3.05, 3.63) is 24.3 Å². The summed E-state index contributed by atoms with van der Waals surface area (Å²) in [5, 5.41) is 9.50. The van der Waals surface area contributed by atoms with E-state index in [0.717, 1.165) is 30.9 Å². The van der Waals surface area contributed by atoms with Crippen molar-refractivity contribution in [3.8, 4) is 0 Å². The fourth-order valence-corrected chi connectivity index (χ4v) is 2.10. The van der Waals surface area contributed by atoms with E-state index in [9.17, 15) is 4.79 Å². The third kappa shape index (κ3) is 3.86. The van der Waals surface area contributed by atoms with Crippen LogP contribution in [-0.4, -0.2) is 50.6 Å². The molecule has 0 aromatic heterocycles. The van der Waals surface area contributed by atoms with Crippen molar-refractivity contribution in [2.24, 2.45) is 0 Å². The molecule has 0 bridgehead atoms. The molecule has 5 nitrogen and oxygen atoms in total. The molecule has 1 aliphatic rings. The van der Waals surface area contributed by atoms with E-state index < -0.39 is 0 Å². The topological polar surface area (TPSA) is 56.4 Å². The Bertz CT molecular complexity index is 433. The molecular formula is C14H22N4O. The lowest BCUT2D eigenvalue weighted by molar-refractivity contribution is -0.121. The molecule has 1 atom stereocenters. The van der Waals surface area contributed by atoms with Gasteiger partial charge < -0.3 is 20.9 Å². The van der Waals surface area contributed by atoms with Crippen LogP contribution in [0.15, 0.2) is 24.3 Å². The first-order chi connectivity index (χ1) is 9.16. The minimum Gasteiger partial charge on any atom is -0.381 e. The van der Waals surface area contributed by atoms with Crippen molar-refractivity contribution < 1.29 is 4.79 Å². The number of nitrogens with one attached hydrogen (secondary N) is 3. The van der Waals surface area contributed by atoms with E-state index in [0.29, 0.717) is 6.54 Å². The van der Waals surface area contributed by atoms with E-state index in [1.54, 1.807) is 0 Å². The molecule has 5 heteroatoms. The van der Waals surface area contributed by atoms with Crippen LogP contribution in [0.25, 0.3) is 0 Å². The predicted molar refractivity (Wildman–Crippen MR) is 78.5 cm³/mol. The van der Waals surface area contributed by atoms with Gasteiger partial charge in [0.1, 0.15) is 6.04 Å². The molecule has 0 radical (unpaired) electrons. The summed E-state index contributed by atoms with van der Waals surface area (Å²) in [6.07, 6.45) is 0.968. The van der Waals surface area contributed by atoms with Gasteiger partial charge in [0.15, 0.2) is 0 Å². The highest BCUT2D eigenvalue weighted by Gasteiger charge is 2.22. The van der Waals surface area contributed by atoms with Gasteiger partial charge in [0, 0.05) is 13.1 Å². The van der Waals surface area contributed by atoms with Gasteiger partial charge in [-0.3, -0.25) is 4.79 Å². The summed E-state index contributed by atoms with van der Waals surface area (Å²) in [4.78, 5) is 14.1. The monoisotopic (exact) mass is 262 g/mol. The van der Waals surface area contributed by atoms with E-state index >= 15 is 0 Å². The number of hydrogen-bond donors (Lipinski definition) is 3. The van der Waals surface area contributed by atoms with Crippen LogP contribution in [0.1, 0.15) is 6.42 Å². The van der Waals surface area contributed by atoms with E-state index in [1.807, 2.05) is 38.4 Å². The Labute approximate surface area is 114 Å². The Balaban J connectivity index is 1.79. The van der Waals surface area contributed by atoms with Gasteiger partial charge in [-0.05, 0) is 39.2 Å². The van der Waals surface area contributed by atoms with E-state index in [4.69, 9.17) is 0 Å². The molecule has 0 aliphatic carbocycles. The summed E-state index contributed by atoms with van der Waals surface area (Å²) in [7, 11) is 4.07. The van der Waals surface area contributed by atoms with E-state index in [1.165, 1.54) is 0 Å². The number of hydrogen-bond acceptors (Lipinski definition) is 4. The maximum atomic E-state index is 12.0. The van der Waals surface area contributed by atoms with Gasteiger partial charge in [-0.1, -0.05) is 12.1 Å². The summed E-state index contributed by atoms with van der Waals surface area (Å²) in [5.74, 6) is 0.0563. The fraction of sp³-hybridized carbons (Fsp3) is 0.500. The summed E-state index contributed by atoms with van der Waals surface area (Å²) >= 11 is 0. The Morgan fingerprint density at radius 3 is 2.84 bits per heavy atom. The molecule has 0 saturated heterocycles. The highest BCUT2D eigenvalue weighted by Crippen LogP contribution is 2.24. The van der Waals surface area contributed by atoms with Crippen LogP contribution < -0.4 is 16.0 Å². The second kappa shape index (κ2) is 6.43. The van der Waals surface area contributed by atoms with Crippen molar-refractivity contribution in [2.75, 3.05) is 44.4 Å². The van der Waals surface area contributed by atoms with Crippen molar-refractivity contribution >= 4 is 17.3 Å². The lowest BCUT2D eigenvalue weighted by Gasteiger charge is -2.27. The number of nitrogens with zero attached hydrogens (tertiary/aromatic N) is 1. The maximum absolute atomic E-state index is 12.0. The first kappa shape index (κ1) is 13.7. The number of carbonyl (C=O) groups excluding carboxylic acids is 1. The number of amides is 1. The summed E-state index contributed by atoms with van der Waals surface area (Å²) in [5.41, 5.74) is 2.04. The number of rotatable bonds is 5. The Kier molecular flexibility index (Phi) is 4.63. The molecule has 0 fully saturated rings. The molecule has 104 valence electrons. The number of benzene rings is 1. The van der Waals surface area contributed by atoms with Crippen molar-refractivity contribution in [2.45, 2.75) is 12.5 Å². The van der Waals surface area contributed by atoms with E-state index in [2.05, 4.69) is 20.9 Å². The van der Waals surface area contributed by atoms with E-state index in [-0.39, 0.29) is 11.9 Å². The van der Waals surface area contributed by atoms with Crippen molar-refractivity contribution in [1.82, 2.24) is 10.2 Å². The Hall–Kier alpha value is -1.75. The minimum atomic E-state index is -0.200. The minimum absolute atomic E-state index is 0.0563. The number of carbonyl (C=O) groups is 1. The normalized spacial score (nSPS) is 17.3. The molecule has 19 heavy (non-hydrogen) atoms. The molecule has 1 amide bonds. The van der Waals surface area contributed by atoms with Crippen molar-refractivity contribution in [3.63, 3.8) is 0 Å². The van der Waals surface area contributed by atoms with Gasteiger partial charge in [0.25, 0.3) is 0 Å². The lowest BCUT2D eigenvalue weighted by Crippen LogP contribution is -2.46. The Morgan fingerprint density at radius 2 is 2.11 bits per heavy atom. The number of anilines is 2. The lowest BCUT2D eigenvalue weighted by atomic mass is 10.1. The standard InChI is InChI=1S/C14H22N4O/c1-18(2)9-5-8-15-14(19)13-10-16-11-6-3-4-7-12(11)17-13/h3-4,6-7,13,16-17H,5,8-10H2,1-2H3,(H,15,19). The van der Waals surface area contributed by atoms with Crippen LogP contribution in [-0.2, 0) is 4.79 Å². The molecule has 1 aromatic rings. The Morgan fingerprint density at radius 1 is 1.37 bits per heavy atom. The third-order valence-electron chi connectivity index (χ3n) is 3.15. The van der Waals surface area contributed by atoms with Gasteiger partial charge >= 0.3 is 0 Å². The highest BCUT2D eigenvalue weighted by molar-refractivity contribution is 5.88. The van der Waals surface area contributed by atoms with Crippen LogP contribution in [0, 0.1) is 0 Å².